The number of carboxylic acid groups (broad SMARTS) is 1. The lowest BCUT2D eigenvalue weighted by atomic mass is 10.4. The minimum absolute atomic E-state index is 0. The summed E-state index contributed by atoms with van der Waals surface area (Å²) in [6.07, 6.45) is 2.10. The van der Waals surface area contributed by atoms with Gasteiger partial charge < -0.3 is 10.1 Å². The molecule has 0 aromatic carbocycles. The maximum Gasteiger partial charge on any atom is 0.344 e. The van der Waals surface area contributed by atoms with Crippen LogP contribution in [0.5, 0.6) is 0 Å². The van der Waals surface area contributed by atoms with Gasteiger partial charge in [0.25, 0.3) is 0 Å². The average Bonchev–Trinajstić information content (AvgIpc) is 1.88. The third-order valence-corrected chi connectivity index (χ3v) is 0.919. The van der Waals surface area contributed by atoms with Crippen molar-refractivity contribution in [3.63, 3.8) is 0 Å². The molecule has 0 atom stereocenters. The fourth-order valence-electron chi connectivity index (χ4n) is 0.459. The van der Waals surface area contributed by atoms with Gasteiger partial charge in [0.2, 0.25) is 0 Å². The Morgan fingerprint density at radius 3 is 2.64 bits per heavy atom. The molecule has 0 unspecified atom stereocenters. The quantitative estimate of drug-likeness (QED) is 0.626. The lowest BCUT2D eigenvalue weighted by Gasteiger charge is -1.87. The molecule has 0 radical (unpaired) electrons. The van der Waals surface area contributed by atoms with Gasteiger partial charge in [0.15, 0.2) is 0 Å². The number of carbonyl (C=O) groups is 1. The molecule has 2 N–H and O–H groups in total. The van der Waals surface area contributed by atoms with Crippen LogP contribution in [0.15, 0.2) is 17.2 Å². The molecule has 5 nitrogen and oxygen atoms in total. The fraction of sp³-hybridized carbons (Fsp3) is 0. The van der Waals surface area contributed by atoms with Gasteiger partial charge in [0, 0.05) is 12.4 Å². The molecule has 0 aliphatic rings. The van der Waals surface area contributed by atoms with Gasteiger partial charge in [-0.05, 0) is 0 Å². The van der Waals surface area contributed by atoms with Crippen LogP contribution in [0, 0.1) is 0 Å². The number of aromatic nitrogens is 2. The van der Waals surface area contributed by atoms with Crippen LogP contribution in [0.4, 0.5) is 0 Å². The molecule has 60 valence electrons. The number of hydrogen-bond acceptors (Lipinski definition) is 3. The van der Waals surface area contributed by atoms with Crippen molar-refractivity contribution in [1.29, 1.82) is 0 Å². The van der Waals surface area contributed by atoms with Gasteiger partial charge in [0.1, 0.15) is 0 Å². The average molecular weight is 177 g/mol. The molecule has 6 heteroatoms. The summed E-state index contributed by atoms with van der Waals surface area (Å²) in [7, 11) is 0. The molecule has 0 aliphatic carbocycles. The van der Waals surface area contributed by atoms with E-state index in [0.29, 0.717) is 0 Å². The molecule has 11 heavy (non-hydrogen) atoms. The van der Waals surface area contributed by atoms with Crippen molar-refractivity contribution in [3.8, 4) is 0 Å². The smallest absolute Gasteiger partial charge is 0.344 e. The molecule has 1 heterocycles. The van der Waals surface area contributed by atoms with Gasteiger partial charge in [-0.25, -0.2) is 14.6 Å². The van der Waals surface area contributed by atoms with E-state index < -0.39 is 11.7 Å². The summed E-state index contributed by atoms with van der Waals surface area (Å²) in [5.41, 5.74) is -0.579. The first-order valence-electron chi connectivity index (χ1n) is 2.48. The highest BCUT2D eigenvalue weighted by Crippen LogP contribution is 1.88. The summed E-state index contributed by atoms with van der Waals surface area (Å²) in [6, 6.07) is 0. The van der Waals surface area contributed by atoms with Gasteiger partial charge >= 0.3 is 11.7 Å². The summed E-state index contributed by atoms with van der Waals surface area (Å²) < 4.78 is 0. The fourth-order valence-corrected chi connectivity index (χ4v) is 0.459. The number of rotatable bonds is 1. The lowest BCUT2D eigenvalue weighted by molar-refractivity contribution is 0.0696. The van der Waals surface area contributed by atoms with Crippen molar-refractivity contribution in [3.05, 3.63) is 28.4 Å². The molecule has 1 aromatic rings. The molecule has 0 spiro atoms. The molecule has 0 amide bonds. The largest absolute Gasteiger partial charge is 0.478 e. The normalized spacial score (nSPS) is 8.36. The number of H-pyrrole nitrogens is 1. The Hall–Kier alpha value is -1.36. The predicted octanol–water partition coefficient (Wildman–Crippen LogP) is -0.110. The van der Waals surface area contributed by atoms with Gasteiger partial charge in [-0.15, -0.1) is 12.4 Å². The second-order valence-electron chi connectivity index (χ2n) is 1.61. The Kier molecular flexibility index (Phi) is 3.26. The summed E-state index contributed by atoms with van der Waals surface area (Å²) in [6.45, 7) is 0. The summed E-state index contributed by atoms with van der Waals surface area (Å²) in [5.74, 6) is -1.11. The maximum absolute atomic E-state index is 10.3. The van der Waals surface area contributed by atoms with Gasteiger partial charge in [-0.1, -0.05) is 0 Å². The molecular weight excluding hydrogens is 172 g/mol. The first kappa shape index (κ1) is 9.64. The van der Waals surface area contributed by atoms with Crippen LogP contribution in [0.25, 0.3) is 0 Å². The predicted molar refractivity (Wildman–Crippen MR) is 39.1 cm³/mol. The molecule has 0 saturated heterocycles. The Labute approximate surface area is 67.5 Å². The van der Waals surface area contributed by atoms with Crippen molar-refractivity contribution in [1.82, 2.24) is 9.97 Å². The zero-order valence-electron chi connectivity index (χ0n) is 5.27. The second-order valence-corrected chi connectivity index (χ2v) is 1.61. The SMILES string of the molecule is Cl.O=C(O)c1cnc(=O)[nH]c1. The van der Waals surface area contributed by atoms with Crippen molar-refractivity contribution in [2.24, 2.45) is 0 Å². The molecule has 1 rings (SSSR count). The number of carboxylic acids is 1. The van der Waals surface area contributed by atoms with E-state index in [2.05, 4.69) is 9.97 Å². The minimum Gasteiger partial charge on any atom is -0.478 e. The number of halogens is 1. The van der Waals surface area contributed by atoms with E-state index in [4.69, 9.17) is 5.11 Å². The Morgan fingerprint density at radius 2 is 2.27 bits per heavy atom. The van der Waals surface area contributed by atoms with Crippen molar-refractivity contribution in [2.45, 2.75) is 0 Å². The van der Waals surface area contributed by atoms with Crippen molar-refractivity contribution in [2.75, 3.05) is 0 Å². The topological polar surface area (TPSA) is 83.0 Å². The van der Waals surface area contributed by atoms with Gasteiger partial charge in [0.05, 0.1) is 5.56 Å². The highest BCUT2D eigenvalue weighted by Gasteiger charge is 2.00. The molecule has 0 saturated carbocycles. The molecule has 1 aromatic heterocycles. The number of aromatic amines is 1. The third-order valence-electron chi connectivity index (χ3n) is 0.919. The molecular formula is C5H5ClN2O3. The minimum atomic E-state index is -1.11. The van der Waals surface area contributed by atoms with Crippen molar-refractivity contribution < 1.29 is 9.90 Å². The summed E-state index contributed by atoms with van der Waals surface area (Å²) in [4.78, 5) is 25.8. The van der Waals surface area contributed by atoms with Crippen LogP contribution in [-0.4, -0.2) is 21.0 Å². The van der Waals surface area contributed by atoms with E-state index in [1.54, 1.807) is 0 Å². The zero-order valence-corrected chi connectivity index (χ0v) is 6.09. The van der Waals surface area contributed by atoms with Gasteiger partial charge in [-0.2, -0.15) is 0 Å². The van der Waals surface area contributed by atoms with Crippen LogP contribution >= 0.6 is 12.4 Å². The molecule has 0 fully saturated rings. The van der Waals surface area contributed by atoms with E-state index in [-0.39, 0.29) is 18.0 Å². The van der Waals surface area contributed by atoms with E-state index in [1.165, 1.54) is 0 Å². The number of nitrogens with zero attached hydrogens (tertiary/aromatic N) is 1. The Morgan fingerprint density at radius 1 is 1.64 bits per heavy atom. The third kappa shape index (κ3) is 2.38. The van der Waals surface area contributed by atoms with Crippen LogP contribution < -0.4 is 5.69 Å². The van der Waals surface area contributed by atoms with E-state index >= 15 is 0 Å². The first-order valence-corrected chi connectivity index (χ1v) is 2.48. The van der Waals surface area contributed by atoms with Crippen molar-refractivity contribution >= 4 is 18.4 Å². The molecule has 0 aliphatic heterocycles. The second kappa shape index (κ2) is 3.72. The summed E-state index contributed by atoms with van der Waals surface area (Å²) >= 11 is 0. The first-order chi connectivity index (χ1) is 4.70. The Bertz CT molecular complexity index is 288. The number of aromatic carboxylic acids is 1. The van der Waals surface area contributed by atoms with E-state index in [9.17, 15) is 9.59 Å². The van der Waals surface area contributed by atoms with Crippen LogP contribution in [0.1, 0.15) is 10.4 Å². The van der Waals surface area contributed by atoms with Crippen LogP contribution in [0.3, 0.4) is 0 Å². The number of nitrogens with one attached hydrogen (secondary N) is 1. The zero-order chi connectivity index (χ0) is 7.56. The monoisotopic (exact) mass is 176 g/mol. The molecule has 0 bridgehead atoms. The maximum atomic E-state index is 10.3. The Balaban J connectivity index is 0.000001000. The lowest BCUT2D eigenvalue weighted by Crippen LogP contribution is -2.11. The highest BCUT2D eigenvalue weighted by molar-refractivity contribution is 5.86. The van der Waals surface area contributed by atoms with E-state index in [0.717, 1.165) is 12.4 Å². The van der Waals surface area contributed by atoms with E-state index in [1.807, 2.05) is 0 Å². The highest BCUT2D eigenvalue weighted by atomic mass is 35.5. The number of hydrogen-bond donors (Lipinski definition) is 2. The standard InChI is InChI=1S/C5H4N2O3.ClH/c8-4(9)3-1-6-5(10)7-2-3;/h1-2H,(H,8,9)(H,6,7,10);1H. The van der Waals surface area contributed by atoms with Crippen LogP contribution in [-0.2, 0) is 0 Å². The summed E-state index contributed by atoms with van der Waals surface area (Å²) in [5, 5.41) is 8.31. The van der Waals surface area contributed by atoms with Gasteiger partial charge in [-0.3, -0.25) is 0 Å². The van der Waals surface area contributed by atoms with Crippen LogP contribution in [0.2, 0.25) is 0 Å².